The van der Waals surface area contributed by atoms with E-state index < -0.39 is 27.7 Å². The Morgan fingerprint density at radius 1 is 1.25 bits per heavy atom. The van der Waals surface area contributed by atoms with Gasteiger partial charge in [0.15, 0.2) is 0 Å². The Bertz CT molecular complexity index is 252. The number of rotatable bonds is 3. The Hall–Kier alpha value is -0.370. The maximum atomic E-state index is 12.1. The van der Waals surface area contributed by atoms with Crippen LogP contribution in [0.5, 0.6) is 0 Å². The van der Waals surface area contributed by atoms with Crippen molar-refractivity contribution < 1.29 is 30.5 Å². The summed E-state index contributed by atoms with van der Waals surface area (Å²) in [7, 11) is -5.09. The fourth-order valence-electron chi connectivity index (χ4n) is 0.356. The SMILES string of the molecule is CC(F)(F)C(F)(F)CS(=O)(=O)O. The molecule has 0 aliphatic carbocycles. The largest absolute Gasteiger partial charge is 0.325 e. The van der Waals surface area contributed by atoms with E-state index in [1.807, 2.05) is 0 Å². The van der Waals surface area contributed by atoms with Gasteiger partial charge in [0.05, 0.1) is 0 Å². The average Bonchev–Trinajstić information content (AvgIpc) is 1.52. The molecule has 0 amide bonds. The van der Waals surface area contributed by atoms with E-state index in [4.69, 9.17) is 4.55 Å². The molecule has 0 heterocycles. The predicted molar refractivity (Wildman–Crippen MR) is 32.0 cm³/mol. The van der Waals surface area contributed by atoms with Crippen LogP contribution in [0.15, 0.2) is 0 Å². The van der Waals surface area contributed by atoms with Crippen LogP contribution in [0.1, 0.15) is 6.92 Å². The molecule has 0 fully saturated rings. The Balaban J connectivity index is 4.67. The molecule has 1 N–H and O–H groups in total. The molecular formula is C4H6F4O3S. The average molecular weight is 210 g/mol. The first kappa shape index (κ1) is 11.6. The molecule has 0 atom stereocenters. The van der Waals surface area contributed by atoms with E-state index in [9.17, 15) is 26.0 Å². The highest BCUT2D eigenvalue weighted by Crippen LogP contribution is 2.34. The third-order valence-electron chi connectivity index (χ3n) is 1.01. The van der Waals surface area contributed by atoms with Crippen molar-refractivity contribution in [3.8, 4) is 0 Å². The predicted octanol–water partition coefficient (Wildman–Crippen LogP) is 1.16. The molecule has 3 nitrogen and oxygen atoms in total. The van der Waals surface area contributed by atoms with Crippen molar-refractivity contribution in [2.24, 2.45) is 0 Å². The lowest BCUT2D eigenvalue weighted by Gasteiger charge is -2.21. The number of halogens is 4. The molecule has 74 valence electrons. The van der Waals surface area contributed by atoms with Gasteiger partial charge in [-0.1, -0.05) is 0 Å². The van der Waals surface area contributed by atoms with E-state index in [0.29, 0.717) is 0 Å². The topological polar surface area (TPSA) is 54.4 Å². The summed E-state index contributed by atoms with van der Waals surface area (Å²) in [6.45, 7) is -0.127. The molecule has 0 aromatic carbocycles. The van der Waals surface area contributed by atoms with Crippen LogP contribution in [-0.2, 0) is 10.1 Å². The molecule has 0 saturated carbocycles. The van der Waals surface area contributed by atoms with Gasteiger partial charge in [-0.25, -0.2) is 8.78 Å². The molecular weight excluding hydrogens is 204 g/mol. The van der Waals surface area contributed by atoms with Gasteiger partial charge in [0.1, 0.15) is 5.75 Å². The summed E-state index contributed by atoms with van der Waals surface area (Å²) in [5, 5.41) is 0. The lowest BCUT2D eigenvalue weighted by atomic mass is 10.2. The van der Waals surface area contributed by atoms with Crippen LogP contribution in [0.4, 0.5) is 17.6 Å². The zero-order valence-corrected chi connectivity index (χ0v) is 6.71. The molecule has 0 bridgehead atoms. The van der Waals surface area contributed by atoms with Gasteiger partial charge >= 0.3 is 11.8 Å². The molecule has 0 aromatic rings. The highest BCUT2D eigenvalue weighted by atomic mass is 32.2. The Labute approximate surface area is 66.1 Å². The fraction of sp³-hybridized carbons (Fsp3) is 1.00. The third-order valence-corrected chi connectivity index (χ3v) is 1.73. The van der Waals surface area contributed by atoms with Crippen LogP contribution in [0.2, 0.25) is 0 Å². The van der Waals surface area contributed by atoms with E-state index in [1.165, 1.54) is 0 Å². The smallest absolute Gasteiger partial charge is 0.285 e. The van der Waals surface area contributed by atoms with E-state index in [-0.39, 0.29) is 6.92 Å². The number of hydrogen-bond acceptors (Lipinski definition) is 2. The Kier molecular flexibility index (Phi) is 2.75. The maximum Gasteiger partial charge on any atom is 0.325 e. The monoisotopic (exact) mass is 210 g/mol. The van der Waals surface area contributed by atoms with Gasteiger partial charge in [-0.15, -0.1) is 0 Å². The molecule has 0 unspecified atom stereocenters. The van der Waals surface area contributed by atoms with Crippen LogP contribution in [0.3, 0.4) is 0 Å². The lowest BCUT2D eigenvalue weighted by Crippen LogP contribution is -2.43. The first-order valence-electron chi connectivity index (χ1n) is 2.66. The molecule has 0 spiro atoms. The van der Waals surface area contributed by atoms with Gasteiger partial charge < -0.3 is 0 Å². The number of alkyl halides is 4. The summed E-state index contributed by atoms with van der Waals surface area (Å²) in [6.07, 6.45) is 0. The Morgan fingerprint density at radius 3 is 1.67 bits per heavy atom. The number of hydrogen-bond donors (Lipinski definition) is 1. The second-order valence-corrected chi connectivity index (χ2v) is 3.77. The molecule has 0 aromatic heterocycles. The quantitative estimate of drug-likeness (QED) is 0.561. The highest BCUT2D eigenvalue weighted by Gasteiger charge is 2.54. The van der Waals surface area contributed by atoms with Crippen molar-refractivity contribution in [1.29, 1.82) is 0 Å². The van der Waals surface area contributed by atoms with Crippen molar-refractivity contribution in [2.75, 3.05) is 5.75 Å². The molecule has 0 saturated heterocycles. The van der Waals surface area contributed by atoms with Gasteiger partial charge in [0.2, 0.25) is 0 Å². The fourth-order valence-corrected chi connectivity index (χ4v) is 1.07. The first-order valence-corrected chi connectivity index (χ1v) is 4.27. The van der Waals surface area contributed by atoms with Crippen LogP contribution >= 0.6 is 0 Å². The van der Waals surface area contributed by atoms with Crippen molar-refractivity contribution in [3.63, 3.8) is 0 Å². The summed E-state index contributed by atoms with van der Waals surface area (Å²) >= 11 is 0. The van der Waals surface area contributed by atoms with Crippen LogP contribution in [0.25, 0.3) is 0 Å². The van der Waals surface area contributed by atoms with Crippen molar-refractivity contribution in [1.82, 2.24) is 0 Å². The van der Waals surface area contributed by atoms with Crippen molar-refractivity contribution in [3.05, 3.63) is 0 Å². The summed E-state index contributed by atoms with van der Waals surface area (Å²) in [5.41, 5.74) is 0. The highest BCUT2D eigenvalue weighted by molar-refractivity contribution is 7.85. The van der Waals surface area contributed by atoms with Crippen LogP contribution in [0, 0.1) is 0 Å². The van der Waals surface area contributed by atoms with E-state index in [2.05, 4.69) is 0 Å². The molecule has 0 radical (unpaired) electrons. The summed E-state index contributed by atoms with van der Waals surface area (Å²) in [4.78, 5) is 0. The second-order valence-electron chi connectivity index (χ2n) is 2.32. The van der Waals surface area contributed by atoms with Gasteiger partial charge in [-0.2, -0.15) is 17.2 Å². The molecule has 8 heteroatoms. The third kappa shape index (κ3) is 3.35. The Morgan fingerprint density at radius 2 is 1.58 bits per heavy atom. The summed E-state index contributed by atoms with van der Waals surface area (Å²) < 4.78 is 75.6. The van der Waals surface area contributed by atoms with Gasteiger partial charge in [0.25, 0.3) is 10.1 Å². The van der Waals surface area contributed by atoms with Crippen LogP contribution < -0.4 is 0 Å². The van der Waals surface area contributed by atoms with Gasteiger partial charge in [0, 0.05) is 6.92 Å². The molecule has 12 heavy (non-hydrogen) atoms. The van der Waals surface area contributed by atoms with E-state index in [1.54, 1.807) is 0 Å². The molecule has 0 aliphatic heterocycles. The minimum absolute atomic E-state index is 0.127. The van der Waals surface area contributed by atoms with Crippen LogP contribution in [-0.4, -0.2) is 30.6 Å². The van der Waals surface area contributed by atoms with E-state index in [0.717, 1.165) is 0 Å². The second kappa shape index (κ2) is 2.84. The molecule has 0 aliphatic rings. The standard InChI is InChI=1S/C4H6F4O3S/c1-3(5,6)4(7,8)2-12(9,10)11/h2H2,1H3,(H,9,10,11). The van der Waals surface area contributed by atoms with Gasteiger partial charge in [-0.05, 0) is 0 Å². The van der Waals surface area contributed by atoms with Gasteiger partial charge in [-0.3, -0.25) is 4.55 Å². The molecule has 0 rings (SSSR count). The zero-order chi connectivity index (χ0) is 10.2. The summed E-state index contributed by atoms with van der Waals surface area (Å²) in [5.74, 6) is -11.5. The van der Waals surface area contributed by atoms with E-state index >= 15 is 0 Å². The summed E-state index contributed by atoms with van der Waals surface area (Å²) in [6, 6.07) is 0. The maximum absolute atomic E-state index is 12.1. The first-order chi connectivity index (χ1) is 4.96. The van der Waals surface area contributed by atoms with Crippen molar-refractivity contribution >= 4 is 10.1 Å². The minimum Gasteiger partial charge on any atom is -0.285 e. The lowest BCUT2D eigenvalue weighted by molar-refractivity contribution is -0.183. The normalized spacial score (nSPS) is 14.8. The van der Waals surface area contributed by atoms with Crippen molar-refractivity contribution in [2.45, 2.75) is 18.8 Å². The minimum atomic E-state index is -5.09. The zero-order valence-electron chi connectivity index (χ0n) is 5.89.